The van der Waals surface area contributed by atoms with Gasteiger partial charge in [0.2, 0.25) is 5.91 Å². The maximum atomic E-state index is 12.4. The lowest BCUT2D eigenvalue weighted by atomic mass is 10.0. The highest BCUT2D eigenvalue weighted by Crippen LogP contribution is 2.17. The number of carbonyl (C=O) groups is 2. The number of ether oxygens (including phenoxy) is 1. The van der Waals surface area contributed by atoms with Crippen LogP contribution < -0.4 is 5.32 Å². The Labute approximate surface area is 418 Å². The summed E-state index contributed by atoms with van der Waals surface area (Å²) in [4.78, 5) is 24.5. The maximum absolute atomic E-state index is 12.4. The maximum Gasteiger partial charge on any atom is 0.305 e. The van der Waals surface area contributed by atoms with Crippen LogP contribution in [0.2, 0.25) is 0 Å². The molecule has 0 rings (SSSR count). The number of hydrogen-bond donors (Lipinski definition) is 3. The lowest BCUT2D eigenvalue weighted by Gasteiger charge is -2.20. The molecule has 0 aliphatic heterocycles. The number of unbranched alkanes of at least 4 members (excludes halogenated alkanes) is 43. The van der Waals surface area contributed by atoms with Crippen molar-refractivity contribution >= 4 is 11.9 Å². The fraction of sp³-hybridized carbons (Fsp3) is 0.902. The van der Waals surface area contributed by atoms with E-state index >= 15 is 0 Å². The molecule has 0 aromatic heterocycles. The minimum Gasteiger partial charge on any atom is -0.466 e. The third-order valence-electron chi connectivity index (χ3n) is 14.0. The van der Waals surface area contributed by atoms with Gasteiger partial charge in [-0.15, -0.1) is 0 Å². The molecule has 0 fully saturated rings. The zero-order valence-corrected chi connectivity index (χ0v) is 45.1. The molecule has 0 spiro atoms. The monoisotopic (exact) mass is 944 g/mol. The van der Waals surface area contributed by atoms with E-state index in [-0.39, 0.29) is 18.5 Å². The van der Waals surface area contributed by atoms with E-state index in [1.165, 1.54) is 257 Å². The third-order valence-corrected chi connectivity index (χ3v) is 14.0. The molecule has 3 N–H and O–H groups in total. The summed E-state index contributed by atoms with van der Waals surface area (Å²) in [6.45, 7) is 4.91. The average molecular weight is 945 g/mol. The largest absolute Gasteiger partial charge is 0.466 e. The number of hydrogen-bond acceptors (Lipinski definition) is 5. The SMILES string of the molecule is CCCCCCCCCCCCCC/C=C/C(O)C(CO)NC(=O)CCCCCCCCC/C=C\CCCCCCCCCCCCOC(=O)CCCCCCCCCCCCCCCCC. The Hall–Kier alpha value is -1.66. The lowest BCUT2D eigenvalue weighted by Crippen LogP contribution is -2.45. The molecular weight excluding hydrogens is 827 g/mol. The Morgan fingerprint density at radius 1 is 0.403 bits per heavy atom. The first kappa shape index (κ1) is 65.3. The van der Waals surface area contributed by atoms with Crippen molar-refractivity contribution in [3.05, 3.63) is 24.3 Å². The lowest BCUT2D eigenvalue weighted by molar-refractivity contribution is -0.143. The molecule has 0 aromatic carbocycles. The Kier molecular flexibility index (Phi) is 55.5. The topological polar surface area (TPSA) is 95.9 Å². The summed E-state index contributed by atoms with van der Waals surface area (Å²) in [5, 5.41) is 23.1. The average Bonchev–Trinajstić information content (AvgIpc) is 3.33. The van der Waals surface area contributed by atoms with E-state index in [0.717, 1.165) is 44.9 Å². The van der Waals surface area contributed by atoms with Gasteiger partial charge in [-0.2, -0.15) is 0 Å². The molecule has 1 amide bonds. The van der Waals surface area contributed by atoms with Crippen LogP contribution >= 0.6 is 0 Å². The quantitative estimate of drug-likeness (QED) is 0.0321. The molecule has 0 radical (unpaired) electrons. The molecule has 2 unspecified atom stereocenters. The van der Waals surface area contributed by atoms with Crippen LogP contribution in [0.1, 0.15) is 328 Å². The highest BCUT2D eigenvalue weighted by atomic mass is 16.5. The van der Waals surface area contributed by atoms with Crippen molar-refractivity contribution in [2.24, 2.45) is 0 Å². The minimum atomic E-state index is -0.848. The van der Waals surface area contributed by atoms with Crippen molar-refractivity contribution in [2.75, 3.05) is 13.2 Å². The number of rotatable bonds is 56. The predicted octanol–water partition coefficient (Wildman–Crippen LogP) is 18.6. The number of aliphatic hydroxyl groups is 2. The highest BCUT2D eigenvalue weighted by Gasteiger charge is 2.18. The second-order valence-corrected chi connectivity index (χ2v) is 20.7. The van der Waals surface area contributed by atoms with Crippen LogP contribution in [0.4, 0.5) is 0 Å². The first-order chi connectivity index (χ1) is 33.0. The number of carbonyl (C=O) groups excluding carboxylic acids is 2. The molecule has 0 aromatic rings. The van der Waals surface area contributed by atoms with Crippen LogP contribution in [0.15, 0.2) is 24.3 Å². The summed E-state index contributed by atoms with van der Waals surface area (Å²) < 4.78 is 5.48. The van der Waals surface area contributed by atoms with E-state index in [1.807, 2.05) is 6.08 Å². The summed E-state index contributed by atoms with van der Waals surface area (Å²) >= 11 is 0. The Morgan fingerprint density at radius 3 is 1.06 bits per heavy atom. The van der Waals surface area contributed by atoms with E-state index in [9.17, 15) is 19.8 Å². The molecule has 0 saturated heterocycles. The molecule has 0 aliphatic rings. The molecule has 0 saturated carbocycles. The molecule has 0 bridgehead atoms. The van der Waals surface area contributed by atoms with Gasteiger partial charge in [-0.3, -0.25) is 9.59 Å². The Morgan fingerprint density at radius 2 is 0.701 bits per heavy atom. The fourth-order valence-corrected chi connectivity index (χ4v) is 9.34. The normalized spacial score (nSPS) is 12.7. The van der Waals surface area contributed by atoms with Crippen molar-refractivity contribution in [1.29, 1.82) is 0 Å². The smallest absolute Gasteiger partial charge is 0.305 e. The molecule has 6 heteroatoms. The predicted molar refractivity (Wildman–Crippen MR) is 292 cm³/mol. The van der Waals surface area contributed by atoms with Crippen LogP contribution in [0.5, 0.6) is 0 Å². The van der Waals surface area contributed by atoms with E-state index < -0.39 is 12.1 Å². The van der Waals surface area contributed by atoms with Crippen LogP contribution in [-0.4, -0.2) is 47.4 Å². The molecule has 396 valence electrons. The molecular formula is C61H117NO5. The van der Waals surface area contributed by atoms with Crippen LogP contribution in [-0.2, 0) is 14.3 Å². The third kappa shape index (κ3) is 53.5. The molecule has 67 heavy (non-hydrogen) atoms. The van der Waals surface area contributed by atoms with E-state index in [1.54, 1.807) is 6.08 Å². The summed E-state index contributed by atoms with van der Waals surface area (Å²) in [6.07, 6.45) is 69.2. The van der Waals surface area contributed by atoms with Crippen LogP contribution in [0.3, 0.4) is 0 Å². The van der Waals surface area contributed by atoms with Gasteiger partial charge in [-0.05, 0) is 57.8 Å². The Bertz CT molecular complexity index is 1040. The van der Waals surface area contributed by atoms with Gasteiger partial charge >= 0.3 is 5.97 Å². The number of aliphatic hydroxyl groups excluding tert-OH is 2. The number of esters is 1. The molecule has 2 atom stereocenters. The summed E-state index contributed by atoms with van der Waals surface area (Å²) in [5.74, 6) is -0.0641. The van der Waals surface area contributed by atoms with Crippen molar-refractivity contribution in [3.8, 4) is 0 Å². The van der Waals surface area contributed by atoms with E-state index in [0.29, 0.717) is 19.4 Å². The van der Waals surface area contributed by atoms with Gasteiger partial charge in [0.25, 0.3) is 0 Å². The first-order valence-electron chi connectivity index (χ1n) is 30.1. The summed E-state index contributed by atoms with van der Waals surface area (Å²) in [7, 11) is 0. The minimum absolute atomic E-state index is 0.0106. The van der Waals surface area contributed by atoms with Gasteiger partial charge in [0, 0.05) is 12.8 Å². The van der Waals surface area contributed by atoms with Gasteiger partial charge in [-0.1, -0.05) is 282 Å². The molecule has 6 nitrogen and oxygen atoms in total. The Balaban J connectivity index is 3.43. The molecule has 0 aliphatic carbocycles. The van der Waals surface area contributed by atoms with E-state index in [2.05, 4.69) is 31.3 Å². The number of allylic oxidation sites excluding steroid dienone is 3. The van der Waals surface area contributed by atoms with Crippen molar-refractivity contribution in [1.82, 2.24) is 5.32 Å². The number of amides is 1. The van der Waals surface area contributed by atoms with Crippen molar-refractivity contribution in [2.45, 2.75) is 341 Å². The first-order valence-corrected chi connectivity index (χ1v) is 30.1. The molecule has 0 heterocycles. The van der Waals surface area contributed by atoms with Crippen LogP contribution in [0.25, 0.3) is 0 Å². The summed E-state index contributed by atoms with van der Waals surface area (Å²) in [6, 6.07) is -0.632. The second kappa shape index (κ2) is 56.9. The highest BCUT2D eigenvalue weighted by molar-refractivity contribution is 5.76. The van der Waals surface area contributed by atoms with Crippen LogP contribution in [0, 0.1) is 0 Å². The standard InChI is InChI=1S/C61H117NO5/c1-3-5-7-9-11-13-15-17-26-31-35-39-43-47-51-55-61(66)67-56-52-48-44-40-36-32-28-25-23-21-19-20-22-24-27-30-34-38-42-46-50-54-60(65)62-58(57-63)59(64)53-49-45-41-37-33-29-18-16-14-12-10-8-6-4-2/h20,22,49,53,58-59,63-64H,3-19,21,23-48,50-52,54-57H2,1-2H3,(H,62,65)/b22-20-,53-49+. The second-order valence-electron chi connectivity index (χ2n) is 20.7. The van der Waals surface area contributed by atoms with E-state index in [4.69, 9.17) is 4.74 Å². The zero-order chi connectivity index (χ0) is 48.6. The van der Waals surface area contributed by atoms with Gasteiger partial charge in [0.1, 0.15) is 0 Å². The van der Waals surface area contributed by atoms with Gasteiger partial charge in [0.05, 0.1) is 25.4 Å². The van der Waals surface area contributed by atoms with Gasteiger partial charge < -0.3 is 20.3 Å². The fourth-order valence-electron chi connectivity index (χ4n) is 9.34. The van der Waals surface area contributed by atoms with Crippen molar-refractivity contribution in [3.63, 3.8) is 0 Å². The van der Waals surface area contributed by atoms with Crippen molar-refractivity contribution < 1.29 is 24.5 Å². The summed E-state index contributed by atoms with van der Waals surface area (Å²) in [5.41, 5.74) is 0. The zero-order valence-electron chi connectivity index (χ0n) is 45.1. The van der Waals surface area contributed by atoms with Gasteiger partial charge in [0.15, 0.2) is 0 Å². The van der Waals surface area contributed by atoms with Gasteiger partial charge in [-0.25, -0.2) is 0 Å². The number of nitrogens with one attached hydrogen (secondary N) is 1.